The van der Waals surface area contributed by atoms with Gasteiger partial charge >= 0.3 is 0 Å². The van der Waals surface area contributed by atoms with Crippen LogP contribution >= 0.6 is 39.9 Å². The first-order valence-corrected chi connectivity index (χ1v) is 10.1. The van der Waals surface area contributed by atoms with Gasteiger partial charge in [0, 0.05) is 43.3 Å². The van der Waals surface area contributed by atoms with Gasteiger partial charge in [0.1, 0.15) is 0 Å². The molecule has 0 atom stereocenters. The number of piperidine rings is 1. The molecule has 0 amide bonds. The fraction of sp³-hybridized carbons (Fsp3) is 0.632. The molecule has 0 aromatic heterocycles. The molecule has 2 rings (SSSR count). The Bertz CT molecular complexity index is 519. The van der Waals surface area contributed by atoms with Crippen LogP contribution in [0.4, 0.5) is 0 Å². The number of likely N-dealkylation sites (tertiary alicyclic amines) is 1. The van der Waals surface area contributed by atoms with Crippen LogP contribution in [0.25, 0.3) is 0 Å². The minimum Gasteiger partial charge on any atom is -0.380 e. The van der Waals surface area contributed by atoms with Crippen LogP contribution in [0.1, 0.15) is 32.3 Å². The standard InChI is InChI=1S/C19H31BrN4O.HI/c1-3-21-19(22-11-14-25-4-2)23-18-9-12-24(13-10-18)15-16-5-7-17(20)8-6-16;/h5-8,18H,3-4,9-15H2,1-2H3,(H2,21,22,23);1H. The molecule has 1 heterocycles. The number of rotatable bonds is 8. The first-order chi connectivity index (χ1) is 12.2. The van der Waals surface area contributed by atoms with Crippen LogP contribution in [0, 0.1) is 0 Å². The molecule has 1 fully saturated rings. The molecule has 1 aliphatic rings. The number of halogens is 2. The van der Waals surface area contributed by atoms with E-state index >= 15 is 0 Å². The summed E-state index contributed by atoms with van der Waals surface area (Å²) in [7, 11) is 0. The van der Waals surface area contributed by atoms with Crippen LogP contribution < -0.4 is 10.6 Å². The van der Waals surface area contributed by atoms with Crippen molar-refractivity contribution in [1.29, 1.82) is 0 Å². The molecule has 2 N–H and O–H groups in total. The van der Waals surface area contributed by atoms with E-state index in [1.807, 2.05) is 6.92 Å². The Hall–Kier alpha value is -0.380. The summed E-state index contributed by atoms with van der Waals surface area (Å²) in [5.74, 6) is 0.911. The maximum atomic E-state index is 5.36. The summed E-state index contributed by atoms with van der Waals surface area (Å²) in [4.78, 5) is 7.12. The van der Waals surface area contributed by atoms with E-state index in [1.54, 1.807) is 0 Å². The van der Waals surface area contributed by atoms with Gasteiger partial charge in [-0.15, -0.1) is 24.0 Å². The lowest BCUT2D eigenvalue weighted by Gasteiger charge is -2.33. The molecule has 148 valence electrons. The van der Waals surface area contributed by atoms with Crippen LogP contribution in [0.5, 0.6) is 0 Å². The van der Waals surface area contributed by atoms with Gasteiger partial charge < -0.3 is 15.4 Å². The predicted octanol–water partition coefficient (Wildman–Crippen LogP) is 3.62. The number of hydrogen-bond donors (Lipinski definition) is 2. The summed E-state index contributed by atoms with van der Waals surface area (Å²) in [6.07, 6.45) is 2.29. The molecule has 0 radical (unpaired) electrons. The smallest absolute Gasteiger partial charge is 0.191 e. The van der Waals surface area contributed by atoms with Crippen molar-refractivity contribution in [3.8, 4) is 0 Å². The SMILES string of the molecule is CCNC(=NCCOCC)NC1CCN(Cc2ccc(Br)cc2)CC1.I. The zero-order chi connectivity index (χ0) is 17.9. The summed E-state index contributed by atoms with van der Waals surface area (Å²) >= 11 is 3.49. The molecule has 0 unspecified atom stereocenters. The molecule has 0 saturated carbocycles. The topological polar surface area (TPSA) is 48.9 Å². The monoisotopic (exact) mass is 538 g/mol. The molecule has 1 aliphatic heterocycles. The fourth-order valence-electron chi connectivity index (χ4n) is 2.96. The third-order valence-corrected chi connectivity index (χ3v) is 4.83. The minimum absolute atomic E-state index is 0. The Morgan fingerprint density at radius 2 is 1.92 bits per heavy atom. The summed E-state index contributed by atoms with van der Waals surface area (Å²) in [5, 5.41) is 6.90. The molecule has 1 saturated heterocycles. The van der Waals surface area contributed by atoms with Crippen LogP contribution in [0.3, 0.4) is 0 Å². The minimum atomic E-state index is 0. The lowest BCUT2D eigenvalue weighted by molar-refractivity contribution is 0.155. The highest BCUT2D eigenvalue weighted by Gasteiger charge is 2.20. The van der Waals surface area contributed by atoms with E-state index < -0.39 is 0 Å². The second-order valence-corrected chi connectivity index (χ2v) is 7.19. The van der Waals surface area contributed by atoms with Gasteiger partial charge in [-0.25, -0.2) is 0 Å². The van der Waals surface area contributed by atoms with E-state index in [4.69, 9.17) is 4.74 Å². The zero-order valence-corrected chi connectivity index (χ0v) is 19.8. The van der Waals surface area contributed by atoms with E-state index in [2.05, 4.69) is 67.6 Å². The van der Waals surface area contributed by atoms with Gasteiger partial charge in [-0.2, -0.15) is 0 Å². The highest BCUT2D eigenvalue weighted by molar-refractivity contribution is 14.0. The van der Waals surface area contributed by atoms with E-state index in [1.165, 1.54) is 5.56 Å². The molecule has 7 heteroatoms. The number of nitrogens with one attached hydrogen (secondary N) is 2. The van der Waals surface area contributed by atoms with E-state index in [0.717, 1.165) is 56.1 Å². The molecule has 0 spiro atoms. The second kappa shape index (κ2) is 13.7. The summed E-state index contributed by atoms with van der Waals surface area (Å²) in [5.41, 5.74) is 1.38. The second-order valence-electron chi connectivity index (χ2n) is 6.28. The van der Waals surface area contributed by atoms with Gasteiger partial charge in [-0.3, -0.25) is 9.89 Å². The molecule has 1 aromatic carbocycles. The molecule has 0 aliphatic carbocycles. The van der Waals surface area contributed by atoms with Crippen LogP contribution in [0.15, 0.2) is 33.7 Å². The van der Waals surface area contributed by atoms with Crippen LogP contribution in [0.2, 0.25) is 0 Å². The van der Waals surface area contributed by atoms with Crippen LogP contribution in [-0.2, 0) is 11.3 Å². The van der Waals surface area contributed by atoms with Gasteiger partial charge in [0.25, 0.3) is 0 Å². The normalized spacial score (nSPS) is 16.2. The zero-order valence-electron chi connectivity index (χ0n) is 15.8. The van der Waals surface area contributed by atoms with Crippen molar-refractivity contribution < 1.29 is 4.74 Å². The largest absolute Gasteiger partial charge is 0.380 e. The Morgan fingerprint density at radius 3 is 2.54 bits per heavy atom. The lowest BCUT2D eigenvalue weighted by atomic mass is 10.0. The number of aliphatic imine (C=N–C) groups is 1. The molecule has 5 nitrogen and oxygen atoms in total. The number of nitrogens with zero attached hydrogens (tertiary/aromatic N) is 2. The third-order valence-electron chi connectivity index (χ3n) is 4.30. The van der Waals surface area contributed by atoms with Gasteiger partial charge in [-0.1, -0.05) is 28.1 Å². The average Bonchev–Trinajstić information content (AvgIpc) is 2.62. The Labute approximate surface area is 183 Å². The first kappa shape index (κ1) is 23.7. The predicted molar refractivity (Wildman–Crippen MR) is 123 cm³/mol. The number of ether oxygens (including phenoxy) is 1. The van der Waals surface area contributed by atoms with Gasteiger partial charge in [0.05, 0.1) is 13.2 Å². The average molecular weight is 539 g/mol. The summed E-state index contributed by atoms with van der Waals surface area (Å²) < 4.78 is 6.50. The quantitative estimate of drug-likeness (QED) is 0.230. The lowest BCUT2D eigenvalue weighted by Crippen LogP contribution is -2.48. The van der Waals surface area contributed by atoms with E-state index in [9.17, 15) is 0 Å². The summed E-state index contributed by atoms with van der Waals surface area (Å²) in [6.45, 7) is 10.4. The van der Waals surface area contributed by atoms with Gasteiger partial charge in [0.15, 0.2) is 5.96 Å². The fourth-order valence-corrected chi connectivity index (χ4v) is 3.23. The maximum absolute atomic E-state index is 5.36. The van der Waals surface area contributed by atoms with Crippen molar-refractivity contribution in [3.05, 3.63) is 34.3 Å². The molecule has 26 heavy (non-hydrogen) atoms. The highest BCUT2D eigenvalue weighted by Crippen LogP contribution is 2.16. The number of benzene rings is 1. The van der Waals surface area contributed by atoms with Crippen molar-refractivity contribution in [2.45, 2.75) is 39.3 Å². The number of guanidine groups is 1. The van der Waals surface area contributed by atoms with Crippen molar-refractivity contribution in [2.75, 3.05) is 39.4 Å². The molecule has 1 aromatic rings. The Morgan fingerprint density at radius 1 is 1.23 bits per heavy atom. The Balaban J connectivity index is 0.00000338. The summed E-state index contributed by atoms with van der Waals surface area (Å²) in [6, 6.07) is 9.12. The van der Waals surface area contributed by atoms with E-state index in [-0.39, 0.29) is 24.0 Å². The van der Waals surface area contributed by atoms with Crippen molar-refractivity contribution in [1.82, 2.24) is 15.5 Å². The van der Waals surface area contributed by atoms with E-state index in [0.29, 0.717) is 19.2 Å². The van der Waals surface area contributed by atoms with Crippen molar-refractivity contribution in [2.24, 2.45) is 4.99 Å². The molecular formula is C19H32BrIN4O. The number of hydrogen-bond acceptors (Lipinski definition) is 3. The van der Waals surface area contributed by atoms with Crippen LogP contribution in [-0.4, -0.2) is 56.3 Å². The van der Waals surface area contributed by atoms with Crippen molar-refractivity contribution in [3.63, 3.8) is 0 Å². The van der Waals surface area contributed by atoms with Crippen molar-refractivity contribution >= 4 is 45.9 Å². The highest BCUT2D eigenvalue weighted by atomic mass is 127. The van der Waals surface area contributed by atoms with Gasteiger partial charge in [0.2, 0.25) is 0 Å². The third kappa shape index (κ3) is 9.01. The molecular weight excluding hydrogens is 507 g/mol. The van der Waals surface area contributed by atoms with Gasteiger partial charge in [-0.05, 0) is 44.4 Å². The first-order valence-electron chi connectivity index (χ1n) is 9.30. The maximum Gasteiger partial charge on any atom is 0.191 e. The molecule has 0 bridgehead atoms. The Kier molecular flexibility index (Phi) is 12.5.